The zero-order valence-corrected chi connectivity index (χ0v) is 39.9. The van der Waals surface area contributed by atoms with Crippen LogP contribution in [-0.2, 0) is 42.8 Å². The predicted octanol–water partition coefficient (Wildman–Crippen LogP) is -0.0241. The molecule has 20 nitrogen and oxygen atoms in total. The van der Waals surface area contributed by atoms with Crippen molar-refractivity contribution in [1.29, 1.82) is 0 Å². The molecule has 8 rings (SSSR count). The van der Waals surface area contributed by atoms with E-state index in [9.17, 15) is 70.6 Å². The van der Waals surface area contributed by atoms with Gasteiger partial charge in [-0.3, -0.25) is 4.79 Å². The molecule has 0 amide bonds. The van der Waals surface area contributed by atoms with Crippen molar-refractivity contribution in [3.63, 3.8) is 0 Å². The second-order valence-corrected chi connectivity index (χ2v) is 23.3. The number of fused-ring (bicyclic) bond motifs is 7. The highest BCUT2D eigenvalue weighted by Gasteiger charge is 2.72. The van der Waals surface area contributed by atoms with Crippen LogP contribution in [-0.4, -0.2) is 185 Å². The van der Waals surface area contributed by atoms with E-state index in [2.05, 4.69) is 40.7 Å². The number of carboxylic acid groups (broad SMARTS) is 2. The Morgan fingerprint density at radius 3 is 1.96 bits per heavy atom. The minimum Gasteiger partial charge on any atom is -0.481 e. The lowest BCUT2D eigenvalue weighted by molar-refractivity contribution is -0.394. The molecular weight excluding hydrogens is 897 g/mol. The van der Waals surface area contributed by atoms with Crippen molar-refractivity contribution in [2.75, 3.05) is 6.61 Å². The van der Waals surface area contributed by atoms with Crippen LogP contribution in [0.5, 0.6) is 0 Å². The zero-order chi connectivity index (χ0) is 50.0. The fourth-order valence-electron chi connectivity index (χ4n) is 15.0. The number of rotatable bonds is 10. The van der Waals surface area contributed by atoms with Crippen LogP contribution in [0.2, 0.25) is 0 Å². The molecule has 7 fully saturated rings. The van der Waals surface area contributed by atoms with E-state index >= 15 is 0 Å². The van der Waals surface area contributed by atoms with E-state index in [0.29, 0.717) is 44.9 Å². The molecule has 11 N–H and O–H groups in total. The van der Waals surface area contributed by atoms with Gasteiger partial charge in [0.2, 0.25) is 0 Å². The van der Waals surface area contributed by atoms with E-state index in [-0.39, 0.29) is 36.0 Å². The number of carbonyl (C=O) groups excluding carboxylic acids is 1. The van der Waals surface area contributed by atoms with Crippen molar-refractivity contribution in [1.82, 2.24) is 0 Å². The average Bonchev–Trinajstić information content (AvgIpc) is 3.27. The lowest BCUT2D eigenvalue weighted by atomic mass is 9.33. The third-order valence-corrected chi connectivity index (χ3v) is 19.3. The fraction of sp³-hybridized carbons (Fsp3) is 0.896. The first-order valence-electron chi connectivity index (χ1n) is 24.3. The van der Waals surface area contributed by atoms with Gasteiger partial charge in [-0.1, -0.05) is 53.2 Å². The number of aldehydes is 1. The summed E-state index contributed by atoms with van der Waals surface area (Å²) in [5.74, 6) is -3.37. The third-order valence-electron chi connectivity index (χ3n) is 19.3. The number of hydrogen-bond donors (Lipinski definition) is 11. The summed E-state index contributed by atoms with van der Waals surface area (Å²) in [6, 6.07) is 0. The Morgan fingerprint density at radius 2 is 1.34 bits per heavy atom. The number of aliphatic hydroxyl groups is 9. The van der Waals surface area contributed by atoms with Crippen LogP contribution in [0.1, 0.15) is 106 Å². The second kappa shape index (κ2) is 18.0. The minimum absolute atomic E-state index is 0.0282. The highest BCUT2D eigenvalue weighted by molar-refractivity contribution is 5.78. The number of aliphatic carboxylic acids is 2. The van der Waals surface area contributed by atoms with Crippen molar-refractivity contribution in [2.45, 2.75) is 211 Å². The Labute approximate surface area is 395 Å². The van der Waals surface area contributed by atoms with Crippen LogP contribution >= 0.6 is 0 Å². The van der Waals surface area contributed by atoms with Crippen LogP contribution in [0.25, 0.3) is 0 Å². The second-order valence-electron chi connectivity index (χ2n) is 23.3. The Bertz CT molecular complexity index is 1950. The highest BCUT2D eigenvalue weighted by Crippen LogP contribution is 2.76. The molecule has 3 aliphatic heterocycles. The topological polar surface area (TPSA) is 329 Å². The first-order valence-corrected chi connectivity index (χ1v) is 24.3. The number of ether oxygens (including phenoxy) is 6. The van der Waals surface area contributed by atoms with Crippen LogP contribution in [0.3, 0.4) is 0 Å². The smallest absolute Gasteiger partial charge is 0.335 e. The zero-order valence-electron chi connectivity index (χ0n) is 39.9. The Kier molecular flexibility index (Phi) is 13.8. The molecule has 0 aromatic rings. The minimum atomic E-state index is -2.15. The molecule has 0 aromatic heterocycles. The molecule has 0 aromatic carbocycles. The first kappa shape index (κ1) is 52.1. The molecule has 25 atom stereocenters. The molecule has 20 heteroatoms. The SMILES string of the molecule is C[C@@H]1O[C@@H](O[C@@H]2C(O[C@@H]3OC(CO)[C@H](O)[C@H](O)C3O)[C@H](O[C@H]3CCC4(C)C5CC=C6C7CC(C)(C)CC[C@]7(C(=O)O)C(O)C[C@@]6(C)[C@@]5(C)CC[C@H]4[C@@]3(C)C=O)OC(C(=O)O)[C@H]2O)C(O)C(O)[C@H]1O. The van der Waals surface area contributed by atoms with Gasteiger partial charge in [-0.25, -0.2) is 4.79 Å². The molecule has 4 saturated carbocycles. The summed E-state index contributed by atoms with van der Waals surface area (Å²) in [4.78, 5) is 39.9. The van der Waals surface area contributed by atoms with Crippen molar-refractivity contribution >= 4 is 18.2 Å². The van der Waals surface area contributed by atoms with Gasteiger partial charge in [0, 0.05) is 0 Å². The van der Waals surface area contributed by atoms with E-state index in [1.807, 2.05) is 0 Å². The van der Waals surface area contributed by atoms with E-state index in [0.717, 1.165) is 11.9 Å². The Hall–Kier alpha value is -2.25. The van der Waals surface area contributed by atoms with Crippen LogP contribution in [0.15, 0.2) is 11.6 Å². The van der Waals surface area contributed by atoms with Gasteiger partial charge in [-0.2, -0.15) is 0 Å². The molecule has 0 bridgehead atoms. The van der Waals surface area contributed by atoms with Crippen LogP contribution in [0, 0.1) is 50.2 Å². The molecule has 68 heavy (non-hydrogen) atoms. The quantitative estimate of drug-likeness (QED) is 0.0778. The highest BCUT2D eigenvalue weighted by atomic mass is 16.8. The maximum absolute atomic E-state index is 13.8. The van der Waals surface area contributed by atoms with Gasteiger partial charge in [0.1, 0.15) is 72.7 Å². The maximum atomic E-state index is 13.8. The monoisotopic (exact) mass is 970 g/mol. The number of allylic oxidation sites excluding steroid dienone is 2. The number of carboxylic acids is 2. The lowest BCUT2D eigenvalue weighted by Crippen LogP contribution is -2.69. The van der Waals surface area contributed by atoms with Gasteiger partial charge < -0.3 is 89.4 Å². The average molecular weight is 971 g/mol. The van der Waals surface area contributed by atoms with Crippen molar-refractivity contribution in [2.24, 2.45) is 50.2 Å². The molecule has 3 saturated heterocycles. The maximum Gasteiger partial charge on any atom is 0.335 e. The molecular formula is C48H74O20. The van der Waals surface area contributed by atoms with Gasteiger partial charge in [0.15, 0.2) is 25.0 Å². The van der Waals surface area contributed by atoms with Gasteiger partial charge >= 0.3 is 11.9 Å². The summed E-state index contributed by atoms with van der Waals surface area (Å²) >= 11 is 0. The molecule has 386 valence electrons. The fourth-order valence-corrected chi connectivity index (χ4v) is 15.0. The molecule has 0 radical (unpaired) electrons. The largest absolute Gasteiger partial charge is 0.481 e. The standard InChI is InChI=1S/C48H74O20/c1-20-28(52)30(54)32(56)39(63-20)66-35-34(58)36(38(59)60)67-41(37(35)68-40-33(57)31(55)29(53)23(18-49)64-40)65-27-11-12-44(4)24(45(27,5)19-50)10-13-46(6)25(44)9-8-21-22-16-43(2,3)14-15-48(22,42(61)62)26(51)17-47(21,46)7/h8,19-20,22-37,39-41,49,51-58H,9-18H2,1-7H3,(H,59,60)(H,61,62)/t20-,22?,23?,24+,25?,26?,27-,28-,29-,30?,31-,32?,33?,34-,35-,36?,37?,39-,40-,41+,44?,45+,46-,47+,48+/m0/s1. The number of aliphatic hydroxyl groups excluding tert-OH is 9. The van der Waals surface area contributed by atoms with E-state index < -0.39 is 150 Å². The van der Waals surface area contributed by atoms with Crippen LogP contribution < -0.4 is 0 Å². The van der Waals surface area contributed by atoms with E-state index in [4.69, 9.17) is 28.4 Å². The normalized spacial score (nSPS) is 54.5. The van der Waals surface area contributed by atoms with Crippen molar-refractivity contribution in [3.05, 3.63) is 11.6 Å². The van der Waals surface area contributed by atoms with Gasteiger partial charge in [-0.15, -0.1) is 0 Å². The molecule has 3 heterocycles. The van der Waals surface area contributed by atoms with E-state index in [1.165, 1.54) is 6.92 Å². The lowest BCUT2D eigenvalue weighted by Gasteiger charge is -2.71. The first-order chi connectivity index (χ1) is 31.7. The predicted molar refractivity (Wildman–Crippen MR) is 231 cm³/mol. The summed E-state index contributed by atoms with van der Waals surface area (Å²) in [5, 5.41) is 119. The number of carbonyl (C=O) groups is 3. The molecule has 0 spiro atoms. The van der Waals surface area contributed by atoms with Crippen molar-refractivity contribution in [3.8, 4) is 0 Å². The molecule has 5 aliphatic carbocycles. The Balaban J connectivity index is 1.13. The summed E-state index contributed by atoms with van der Waals surface area (Å²) in [6.07, 6.45) is -21.9. The molecule has 10 unspecified atom stereocenters. The summed E-state index contributed by atoms with van der Waals surface area (Å²) in [5.41, 5.74) is -3.12. The number of hydrogen-bond acceptors (Lipinski definition) is 18. The summed E-state index contributed by atoms with van der Waals surface area (Å²) in [7, 11) is 0. The third kappa shape index (κ3) is 7.77. The van der Waals surface area contributed by atoms with Gasteiger partial charge in [0.25, 0.3) is 0 Å². The van der Waals surface area contributed by atoms with Crippen molar-refractivity contribution < 1.29 is 99.0 Å². The summed E-state index contributed by atoms with van der Waals surface area (Å²) in [6.45, 7) is 13.2. The van der Waals surface area contributed by atoms with Gasteiger partial charge in [0.05, 0.1) is 30.3 Å². The van der Waals surface area contributed by atoms with Gasteiger partial charge in [-0.05, 0) is 104 Å². The Morgan fingerprint density at radius 1 is 0.706 bits per heavy atom. The van der Waals surface area contributed by atoms with Crippen LogP contribution in [0.4, 0.5) is 0 Å². The summed E-state index contributed by atoms with van der Waals surface area (Å²) < 4.78 is 36.2. The molecule has 8 aliphatic rings. The van der Waals surface area contributed by atoms with E-state index in [1.54, 1.807) is 6.92 Å².